The smallest absolute Gasteiger partial charge is 0.262 e. The molecule has 1 unspecified atom stereocenters. The van der Waals surface area contributed by atoms with Gasteiger partial charge in [0.25, 0.3) is 6.23 Å². The SMILES string of the molecule is c1cc[n+](C2CCCO2)cc1. The van der Waals surface area contributed by atoms with E-state index in [1.165, 1.54) is 6.42 Å². The van der Waals surface area contributed by atoms with Crippen LogP contribution in [0.3, 0.4) is 0 Å². The van der Waals surface area contributed by atoms with Crippen molar-refractivity contribution in [1.82, 2.24) is 0 Å². The first-order valence-electron chi connectivity index (χ1n) is 4.04. The average molecular weight is 150 g/mol. The monoisotopic (exact) mass is 150 g/mol. The standard InChI is InChI=1S/C9H12NO/c1-2-6-10(7-3-1)9-5-4-8-11-9/h1-3,6-7,9H,4-5,8H2/q+1. The molecule has 0 amide bonds. The summed E-state index contributed by atoms with van der Waals surface area (Å²) in [4.78, 5) is 0. The van der Waals surface area contributed by atoms with Crippen molar-refractivity contribution < 1.29 is 9.30 Å². The molecule has 1 saturated heterocycles. The van der Waals surface area contributed by atoms with Gasteiger partial charge in [-0.1, -0.05) is 6.07 Å². The quantitative estimate of drug-likeness (QED) is 0.550. The predicted molar refractivity (Wildman–Crippen MR) is 40.9 cm³/mol. The lowest BCUT2D eigenvalue weighted by Crippen LogP contribution is -2.37. The van der Waals surface area contributed by atoms with Gasteiger partial charge in [0.15, 0.2) is 12.4 Å². The molecule has 1 atom stereocenters. The van der Waals surface area contributed by atoms with E-state index >= 15 is 0 Å². The maximum atomic E-state index is 5.50. The van der Waals surface area contributed by atoms with E-state index in [9.17, 15) is 0 Å². The van der Waals surface area contributed by atoms with Gasteiger partial charge in [-0.3, -0.25) is 0 Å². The molecule has 0 aliphatic carbocycles. The second-order valence-electron chi connectivity index (χ2n) is 2.79. The van der Waals surface area contributed by atoms with Gasteiger partial charge >= 0.3 is 0 Å². The summed E-state index contributed by atoms with van der Waals surface area (Å²) in [6.07, 6.45) is 6.73. The summed E-state index contributed by atoms with van der Waals surface area (Å²) in [6, 6.07) is 6.08. The molecular formula is C9H12NO+. The second kappa shape index (κ2) is 3.01. The van der Waals surface area contributed by atoms with Gasteiger partial charge in [0.1, 0.15) is 0 Å². The van der Waals surface area contributed by atoms with Gasteiger partial charge < -0.3 is 4.74 Å². The highest BCUT2D eigenvalue weighted by Crippen LogP contribution is 2.15. The highest BCUT2D eigenvalue weighted by molar-refractivity contribution is 4.83. The maximum absolute atomic E-state index is 5.50. The van der Waals surface area contributed by atoms with Crippen molar-refractivity contribution in [2.24, 2.45) is 0 Å². The van der Waals surface area contributed by atoms with E-state index in [0.29, 0.717) is 0 Å². The summed E-state index contributed by atoms with van der Waals surface area (Å²) < 4.78 is 7.62. The second-order valence-corrected chi connectivity index (χ2v) is 2.79. The molecule has 0 radical (unpaired) electrons. The van der Waals surface area contributed by atoms with Crippen molar-refractivity contribution >= 4 is 0 Å². The van der Waals surface area contributed by atoms with E-state index in [2.05, 4.69) is 17.0 Å². The molecule has 1 fully saturated rings. The van der Waals surface area contributed by atoms with Crippen LogP contribution in [0.1, 0.15) is 19.1 Å². The molecule has 1 aromatic heterocycles. The molecule has 0 N–H and O–H groups in total. The third-order valence-electron chi connectivity index (χ3n) is 1.98. The lowest BCUT2D eigenvalue weighted by Gasteiger charge is -2.01. The van der Waals surface area contributed by atoms with Gasteiger partial charge in [0, 0.05) is 18.6 Å². The Balaban J connectivity index is 2.16. The number of hydrogen-bond donors (Lipinski definition) is 0. The van der Waals surface area contributed by atoms with Crippen molar-refractivity contribution in [2.45, 2.75) is 19.1 Å². The maximum Gasteiger partial charge on any atom is 0.262 e. The summed E-state index contributed by atoms with van der Waals surface area (Å²) >= 11 is 0. The van der Waals surface area contributed by atoms with Gasteiger partial charge in [-0.2, -0.15) is 4.57 Å². The zero-order chi connectivity index (χ0) is 7.52. The molecule has 2 heteroatoms. The number of nitrogens with zero attached hydrogens (tertiary/aromatic N) is 1. The van der Waals surface area contributed by atoms with Crippen LogP contribution < -0.4 is 4.57 Å². The number of pyridine rings is 1. The van der Waals surface area contributed by atoms with E-state index in [0.717, 1.165) is 13.0 Å². The minimum atomic E-state index is 0.288. The number of rotatable bonds is 1. The Bertz CT molecular complexity index is 216. The Kier molecular flexibility index (Phi) is 1.86. The highest BCUT2D eigenvalue weighted by Gasteiger charge is 2.22. The molecule has 1 aliphatic rings. The fourth-order valence-electron chi connectivity index (χ4n) is 1.40. The van der Waals surface area contributed by atoms with E-state index < -0.39 is 0 Å². The summed E-state index contributed by atoms with van der Waals surface area (Å²) in [5.41, 5.74) is 0. The van der Waals surface area contributed by atoms with Gasteiger partial charge in [0.05, 0.1) is 6.61 Å². The van der Waals surface area contributed by atoms with E-state index in [-0.39, 0.29) is 6.23 Å². The van der Waals surface area contributed by atoms with Crippen molar-refractivity contribution in [3.05, 3.63) is 30.6 Å². The van der Waals surface area contributed by atoms with Crippen LogP contribution in [0.4, 0.5) is 0 Å². The van der Waals surface area contributed by atoms with Gasteiger partial charge in [-0.05, 0) is 6.42 Å². The minimum absolute atomic E-state index is 0.288. The molecule has 0 saturated carbocycles. The molecule has 58 valence electrons. The molecule has 2 rings (SSSR count). The van der Waals surface area contributed by atoms with Crippen LogP contribution in [0.2, 0.25) is 0 Å². The van der Waals surface area contributed by atoms with Crippen molar-refractivity contribution in [2.75, 3.05) is 6.61 Å². The molecule has 0 aromatic carbocycles. The Morgan fingerprint density at radius 3 is 2.64 bits per heavy atom. The van der Waals surface area contributed by atoms with E-state index in [1.807, 2.05) is 18.2 Å². The first kappa shape index (κ1) is 6.80. The Morgan fingerprint density at radius 1 is 1.18 bits per heavy atom. The number of hydrogen-bond acceptors (Lipinski definition) is 1. The normalized spacial score (nSPS) is 23.8. The third-order valence-corrected chi connectivity index (χ3v) is 1.98. The average Bonchev–Trinajstić information content (AvgIpc) is 2.58. The summed E-state index contributed by atoms with van der Waals surface area (Å²) in [6.45, 7) is 0.909. The molecule has 11 heavy (non-hydrogen) atoms. The van der Waals surface area contributed by atoms with Crippen LogP contribution in [0.25, 0.3) is 0 Å². The van der Waals surface area contributed by atoms with Crippen LogP contribution in [0, 0.1) is 0 Å². The molecule has 0 bridgehead atoms. The molecule has 2 nitrogen and oxygen atoms in total. The highest BCUT2D eigenvalue weighted by atomic mass is 16.5. The van der Waals surface area contributed by atoms with Gasteiger partial charge in [-0.25, -0.2) is 0 Å². The summed E-state index contributed by atoms with van der Waals surface area (Å²) in [5.74, 6) is 0. The lowest BCUT2D eigenvalue weighted by molar-refractivity contribution is -0.757. The van der Waals surface area contributed by atoms with Crippen molar-refractivity contribution in [3.63, 3.8) is 0 Å². The number of aromatic nitrogens is 1. The molecular weight excluding hydrogens is 138 g/mol. The zero-order valence-corrected chi connectivity index (χ0v) is 6.44. The summed E-state index contributed by atoms with van der Waals surface area (Å²) in [7, 11) is 0. The predicted octanol–water partition coefficient (Wildman–Crippen LogP) is 1.28. The van der Waals surface area contributed by atoms with Crippen LogP contribution in [0.15, 0.2) is 30.6 Å². The van der Waals surface area contributed by atoms with Crippen molar-refractivity contribution in [1.29, 1.82) is 0 Å². The van der Waals surface area contributed by atoms with E-state index in [1.54, 1.807) is 0 Å². The Hall–Kier alpha value is -0.890. The minimum Gasteiger partial charge on any atom is -0.321 e. The fourth-order valence-corrected chi connectivity index (χ4v) is 1.40. The van der Waals surface area contributed by atoms with Crippen molar-refractivity contribution in [3.8, 4) is 0 Å². The van der Waals surface area contributed by atoms with Gasteiger partial charge in [-0.15, -0.1) is 0 Å². The molecule has 1 aromatic rings. The molecule has 2 heterocycles. The number of ether oxygens (including phenoxy) is 1. The molecule has 1 aliphatic heterocycles. The first-order valence-corrected chi connectivity index (χ1v) is 4.04. The Labute approximate surface area is 66.4 Å². The Morgan fingerprint density at radius 2 is 2.00 bits per heavy atom. The molecule has 0 spiro atoms. The zero-order valence-electron chi connectivity index (χ0n) is 6.44. The lowest BCUT2D eigenvalue weighted by atomic mass is 10.3. The third kappa shape index (κ3) is 1.40. The van der Waals surface area contributed by atoms with Crippen LogP contribution in [-0.4, -0.2) is 6.61 Å². The first-order chi connectivity index (χ1) is 5.47. The van der Waals surface area contributed by atoms with Crippen LogP contribution >= 0.6 is 0 Å². The fraction of sp³-hybridized carbons (Fsp3) is 0.444. The van der Waals surface area contributed by atoms with Gasteiger partial charge in [0.2, 0.25) is 0 Å². The largest absolute Gasteiger partial charge is 0.321 e. The summed E-state index contributed by atoms with van der Waals surface area (Å²) in [5, 5.41) is 0. The van der Waals surface area contributed by atoms with Crippen LogP contribution in [0.5, 0.6) is 0 Å². The van der Waals surface area contributed by atoms with E-state index in [4.69, 9.17) is 4.74 Å². The topological polar surface area (TPSA) is 13.1 Å². The van der Waals surface area contributed by atoms with Crippen LogP contribution in [-0.2, 0) is 4.74 Å².